The molecule has 0 atom stereocenters. The van der Waals surface area contributed by atoms with Gasteiger partial charge in [0.2, 0.25) is 0 Å². The average Bonchev–Trinajstić information content (AvgIpc) is 2.60. The van der Waals surface area contributed by atoms with Crippen molar-refractivity contribution in [2.75, 3.05) is 17.0 Å². The molecule has 0 amide bonds. The maximum atomic E-state index is 3.39. The number of benzene rings is 2. The van der Waals surface area contributed by atoms with Gasteiger partial charge in [-0.2, -0.15) is 0 Å². The summed E-state index contributed by atoms with van der Waals surface area (Å²) in [5, 5.41) is 4.83. The summed E-state index contributed by atoms with van der Waals surface area (Å²) in [5.41, 5.74) is 5.91. The van der Waals surface area contributed by atoms with Crippen LogP contribution in [0.25, 0.3) is 10.8 Å². The molecule has 1 heterocycles. The van der Waals surface area contributed by atoms with Gasteiger partial charge in [0.1, 0.15) is 0 Å². The van der Waals surface area contributed by atoms with Gasteiger partial charge >= 0.3 is 0 Å². The molecule has 0 aliphatic carbocycles. The van der Waals surface area contributed by atoms with Gasteiger partial charge in [-0.25, -0.2) is 0 Å². The highest BCUT2D eigenvalue weighted by molar-refractivity contribution is 6.07. The van der Waals surface area contributed by atoms with Crippen molar-refractivity contribution in [3.05, 3.63) is 36.4 Å². The number of anilines is 2. The first-order valence-corrected chi connectivity index (χ1v) is 4.96. The number of rotatable bonds is 1. The monoisotopic (exact) mass is 184 g/mol. The van der Waals surface area contributed by atoms with Crippen LogP contribution in [0, 0.1) is 0 Å². The normalized spacial score (nSPS) is 13.4. The predicted octanol–water partition coefficient (Wildman–Crippen LogP) is 3.01. The fourth-order valence-corrected chi connectivity index (χ4v) is 2.09. The van der Waals surface area contributed by atoms with Gasteiger partial charge in [-0.05, 0) is 24.4 Å². The lowest BCUT2D eigenvalue weighted by Crippen LogP contribution is -2.25. The first kappa shape index (κ1) is 7.68. The van der Waals surface area contributed by atoms with E-state index in [-0.39, 0.29) is 0 Å². The molecule has 3 rings (SSSR count). The van der Waals surface area contributed by atoms with Gasteiger partial charge < -0.3 is 0 Å². The number of hydrazine groups is 1. The minimum atomic E-state index is 0.980. The molecule has 14 heavy (non-hydrogen) atoms. The van der Waals surface area contributed by atoms with Crippen LogP contribution in [-0.2, 0) is 0 Å². The lowest BCUT2D eigenvalue weighted by Gasteiger charge is -2.17. The lowest BCUT2D eigenvalue weighted by molar-refractivity contribution is 0.971. The molecule has 1 aliphatic rings. The molecule has 0 unspecified atom stereocenters. The Morgan fingerprint density at radius 2 is 1.93 bits per heavy atom. The Hall–Kier alpha value is -1.70. The molecular weight excluding hydrogens is 172 g/mol. The summed E-state index contributed by atoms with van der Waals surface area (Å²) in [6.45, 7) is 3.13. The van der Waals surface area contributed by atoms with Crippen molar-refractivity contribution in [1.29, 1.82) is 0 Å². The van der Waals surface area contributed by atoms with E-state index in [1.165, 1.54) is 22.1 Å². The maximum absolute atomic E-state index is 3.39. The van der Waals surface area contributed by atoms with E-state index < -0.39 is 0 Å². The van der Waals surface area contributed by atoms with Gasteiger partial charge in [0.15, 0.2) is 0 Å². The third kappa shape index (κ3) is 0.854. The van der Waals surface area contributed by atoms with Gasteiger partial charge in [0.05, 0.1) is 11.4 Å². The van der Waals surface area contributed by atoms with E-state index in [1.54, 1.807) is 0 Å². The molecule has 2 aromatic rings. The Morgan fingerprint density at radius 1 is 1.14 bits per heavy atom. The fraction of sp³-hybridized carbons (Fsp3) is 0.167. The summed E-state index contributed by atoms with van der Waals surface area (Å²) < 4.78 is 0. The highest BCUT2D eigenvalue weighted by Crippen LogP contribution is 2.38. The van der Waals surface area contributed by atoms with E-state index in [9.17, 15) is 0 Å². The van der Waals surface area contributed by atoms with Crippen molar-refractivity contribution in [1.82, 2.24) is 0 Å². The third-order valence-electron chi connectivity index (χ3n) is 2.75. The van der Waals surface area contributed by atoms with E-state index >= 15 is 0 Å². The Labute approximate surface area is 83.1 Å². The minimum absolute atomic E-state index is 0.980. The van der Waals surface area contributed by atoms with Crippen molar-refractivity contribution in [2.24, 2.45) is 0 Å². The zero-order valence-corrected chi connectivity index (χ0v) is 8.12. The summed E-state index contributed by atoms with van der Waals surface area (Å²) in [7, 11) is 0. The molecule has 2 aromatic carbocycles. The van der Waals surface area contributed by atoms with E-state index in [0.29, 0.717) is 0 Å². The van der Waals surface area contributed by atoms with Crippen molar-refractivity contribution < 1.29 is 0 Å². The molecule has 0 bridgehead atoms. The molecule has 0 spiro atoms. The molecule has 0 fully saturated rings. The highest BCUT2D eigenvalue weighted by Gasteiger charge is 2.18. The molecule has 0 aromatic heterocycles. The van der Waals surface area contributed by atoms with Gasteiger partial charge in [-0.15, -0.1) is 0 Å². The maximum Gasteiger partial charge on any atom is 0.0671 e. The van der Waals surface area contributed by atoms with E-state index in [4.69, 9.17) is 0 Å². The summed E-state index contributed by atoms with van der Waals surface area (Å²) in [6, 6.07) is 12.8. The van der Waals surface area contributed by atoms with E-state index in [1.807, 2.05) is 0 Å². The standard InChI is InChI=1S/C12H12N2/c1-2-14-11-8-4-6-9-5-3-7-10(13-14)12(9)11/h3-8,13H,2H2,1H3. The van der Waals surface area contributed by atoms with E-state index in [0.717, 1.165) is 6.54 Å². The van der Waals surface area contributed by atoms with Crippen LogP contribution in [0.2, 0.25) is 0 Å². The van der Waals surface area contributed by atoms with Gasteiger partial charge in [-0.3, -0.25) is 10.4 Å². The Kier molecular flexibility index (Phi) is 1.45. The molecule has 70 valence electrons. The van der Waals surface area contributed by atoms with Crippen molar-refractivity contribution in [3.63, 3.8) is 0 Å². The molecule has 2 nitrogen and oxygen atoms in total. The number of nitrogens with one attached hydrogen (secondary N) is 1. The fourth-order valence-electron chi connectivity index (χ4n) is 2.09. The van der Waals surface area contributed by atoms with E-state index in [2.05, 4.69) is 53.8 Å². The van der Waals surface area contributed by atoms with Gasteiger partial charge in [0, 0.05) is 11.9 Å². The van der Waals surface area contributed by atoms with Gasteiger partial charge in [-0.1, -0.05) is 24.3 Å². The second-order valence-corrected chi connectivity index (χ2v) is 3.54. The quantitative estimate of drug-likeness (QED) is 0.732. The van der Waals surface area contributed by atoms with Crippen LogP contribution >= 0.6 is 0 Å². The molecule has 1 N–H and O–H groups in total. The summed E-state index contributed by atoms with van der Waals surface area (Å²) in [4.78, 5) is 0. The van der Waals surface area contributed by atoms with Crippen LogP contribution < -0.4 is 10.4 Å². The second kappa shape index (κ2) is 2.64. The van der Waals surface area contributed by atoms with Crippen molar-refractivity contribution >= 4 is 22.1 Å². The lowest BCUT2D eigenvalue weighted by atomic mass is 10.1. The minimum Gasteiger partial charge on any atom is -0.298 e. The first-order chi connectivity index (χ1) is 6.90. The number of nitrogens with zero attached hydrogens (tertiary/aromatic N) is 1. The van der Waals surface area contributed by atoms with Crippen molar-refractivity contribution in [3.8, 4) is 0 Å². The Balaban J connectivity index is 2.38. The number of hydrogen-bond acceptors (Lipinski definition) is 2. The zero-order chi connectivity index (χ0) is 9.54. The first-order valence-electron chi connectivity index (χ1n) is 4.96. The predicted molar refractivity (Wildman–Crippen MR) is 60.6 cm³/mol. The zero-order valence-electron chi connectivity index (χ0n) is 8.12. The molecule has 0 saturated carbocycles. The second-order valence-electron chi connectivity index (χ2n) is 3.54. The molecule has 0 saturated heterocycles. The Bertz CT molecular complexity index is 485. The summed E-state index contributed by atoms with van der Waals surface area (Å²) in [5.74, 6) is 0. The van der Waals surface area contributed by atoms with Crippen LogP contribution in [0.3, 0.4) is 0 Å². The van der Waals surface area contributed by atoms with Crippen LogP contribution in [-0.4, -0.2) is 6.54 Å². The SMILES string of the molecule is CCN1Nc2cccc3cccc1c23. The molecule has 0 radical (unpaired) electrons. The van der Waals surface area contributed by atoms with Crippen LogP contribution in [0.15, 0.2) is 36.4 Å². The topological polar surface area (TPSA) is 15.3 Å². The largest absolute Gasteiger partial charge is 0.298 e. The Morgan fingerprint density at radius 3 is 2.71 bits per heavy atom. The van der Waals surface area contributed by atoms with Crippen LogP contribution in [0.1, 0.15) is 6.92 Å². The van der Waals surface area contributed by atoms with Crippen LogP contribution in [0.5, 0.6) is 0 Å². The molecular formula is C12H12N2. The third-order valence-corrected chi connectivity index (χ3v) is 2.75. The summed E-state index contributed by atoms with van der Waals surface area (Å²) in [6.07, 6.45) is 0. The smallest absolute Gasteiger partial charge is 0.0671 e. The van der Waals surface area contributed by atoms with Gasteiger partial charge in [0.25, 0.3) is 0 Å². The average molecular weight is 184 g/mol. The number of hydrogen-bond donors (Lipinski definition) is 1. The van der Waals surface area contributed by atoms with Crippen LogP contribution in [0.4, 0.5) is 11.4 Å². The summed E-state index contributed by atoms with van der Waals surface area (Å²) >= 11 is 0. The van der Waals surface area contributed by atoms with Crippen molar-refractivity contribution in [2.45, 2.75) is 6.92 Å². The molecule has 2 heteroatoms. The molecule has 1 aliphatic heterocycles. The highest BCUT2D eigenvalue weighted by atomic mass is 15.5.